The molecule has 7 nitrogen and oxygen atoms in total. The number of nitrogens with two attached hydrogens (primary N) is 2. The van der Waals surface area contributed by atoms with Crippen molar-refractivity contribution in [3.05, 3.63) is 29.9 Å². The Labute approximate surface area is 111 Å². The predicted molar refractivity (Wildman–Crippen MR) is 72.9 cm³/mol. The first-order valence-corrected chi connectivity index (χ1v) is 5.70. The van der Waals surface area contributed by atoms with Gasteiger partial charge in [-0.05, 0) is 13.0 Å². The number of carbonyl (C=O) groups is 2. The molecule has 1 amide bonds. The summed E-state index contributed by atoms with van der Waals surface area (Å²) in [5.41, 5.74) is 7.36. The summed E-state index contributed by atoms with van der Waals surface area (Å²) in [4.78, 5) is 25.9. The second-order valence-electron chi connectivity index (χ2n) is 3.86. The number of carbonyl (C=O) groups excluding carboxylic acids is 2. The van der Waals surface area contributed by atoms with E-state index in [0.717, 1.165) is 0 Å². The van der Waals surface area contributed by atoms with Crippen LogP contribution in [-0.2, 0) is 9.59 Å². The zero-order valence-electron chi connectivity index (χ0n) is 10.9. The molecule has 0 atom stereocenters. The Bertz CT molecular complexity index is 513. The fraction of sp³-hybridized carbons (Fsp3) is 0.250. The number of allylic oxidation sites excluding steroid dienone is 1. The van der Waals surface area contributed by atoms with Gasteiger partial charge in [-0.15, -0.1) is 0 Å². The van der Waals surface area contributed by atoms with E-state index in [1.165, 1.54) is 17.4 Å². The monoisotopic (exact) mass is 263 g/mol. The summed E-state index contributed by atoms with van der Waals surface area (Å²) in [7, 11) is 0. The largest absolute Gasteiger partial charge is 0.395 e. The summed E-state index contributed by atoms with van der Waals surface area (Å²) < 4.78 is 0. The summed E-state index contributed by atoms with van der Waals surface area (Å²) in [6.07, 6.45) is 3.69. The van der Waals surface area contributed by atoms with Crippen molar-refractivity contribution < 1.29 is 9.59 Å². The maximum atomic E-state index is 11.4. The number of nitrogens with one attached hydrogen (secondary N) is 1. The Kier molecular flexibility index (Phi) is 5.01. The number of aromatic nitrogens is 1. The smallest absolute Gasteiger partial charge is 0.211 e. The number of Topliss-reactive ketones (excluding diaryl/α,β-unsaturated/α-hetero) is 1. The lowest BCUT2D eigenvalue weighted by Gasteiger charge is -2.17. The first-order valence-electron chi connectivity index (χ1n) is 5.70. The zero-order valence-corrected chi connectivity index (χ0v) is 10.9. The van der Waals surface area contributed by atoms with Crippen molar-refractivity contribution in [3.63, 3.8) is 0 Å². The van der Waals surface area contributed by atoms with Crippen molar-refractivity contribution in [1.82, 2.24) is 4.98 Å². The van der Waals surface area contributed by atoms with Crippen LogP contribution >= 0.6 is 0 Å². The molecule has 0 aliphatic rings. The zero-order chi connectivity index (χ0) is 14.4. The molecule has 1 aromatic rings. The van der Waals surface area contributed by atoms with E-state index in [9.17, 15) is 9.59 Å². The quantitative estimate of drug-likeness (QED) is 0.296. The Hall–Kier alpha value is -2.41. The molecule has 0 saturated carbocycles. The molecule has 0 radical (unpaired) electrons. The topological polar surface area (TPSA) is 114 Å². The first-order chi connectivity index (χ1) is 8.99. The summed E-state index contributed by atoms with van der Waals surface area (Å²) in [6, 6.07) is 1.64. The number of anilines is 2. The van der Waals surface area contributed by atoms with Gasteiger partial charge in [0.2, 0.25) is 6.41 Å². The maximum absolute atomic E-state index is 11.4. The molecule has 102 valence electrons. The lowest BCUT2D eigenvalue weighted by atomic mass is 10.2. The first kappa shape index (κ1) is 14.7. The van der Waals surface area contributed by atoms with Gasteiger partial charge >= 0.3 is 0 Å². The van der Waals surface area contributed by atoms with Crippen molar-refractivity contribution in [1.29, 1.82) is 0 Å². The van der Waals surface area contributed by atoms with Crippen LogP contribution in [0.2, 0.25) is 0 Å². The van der Waals surface area contributed by atoms with Crippen LogP contribution in [0.5, 0.6) is 0 Å². The highest BCUT2D eigenvalue weighted by Crippen LogP contribution is 2.20. The number of ketones is 1. The maximum Gasteiger partial charge on any atom is 0.211 e. The van der Waals surface area contributed by atoms with Gasteiger partial charge in [0.25, 0.3) is 0 Å². The Morgan fingerprint density at radius 3 is 2.84 bits per heavy atom. The van der Waals surface area contributed by atoms with Gasteiger partial charge in [0.1, 0.15) is 0 Å². The molecule has 7 heteroatoms. The molecule has 0 aliphatic carbocycles. The van der Waals surface area contributed by atoms with E-state index in [1.54, 1.807) is 19.9 Å². The van der Waals surface area contributed by atoms with E-state index in [-0.39, 0.29) is 11.5 Å². The second-order valence-corrected chi connectivity index (χ2v) is 3.86. The van der Waals surface area contributed by atoms with E-state index in [2.05, 4.69) is 10.3 Å². The van der Waals surface area contributed by atoms with E-state index in [4.69, 9.17) is 11.6 Å². The summed E-state index contributed by atoms with van der Waals surface area (Å²) in [5.74, 6) is 5.63. The van der Waals surface area contributed by atoms with Gasteiger partial charge in [0, 0.05) is 12.6 Å². The molecule has 0 fully saturated rings. The number of hydrazine groups is 1. The third kappa shape index (κ3) is 3.78. The van der Waals surface area contributed by atoms with E-state index in [0.29, 0.717) is 29.9 Å². The molecule has 0 aromatic carbocycles. The van der Waals surface area contributed by atoms with Crippen LogP contribution in [-0.4, -0.2) is 17.2 Å². The Morgan fingerprint density at radius 2 is 2.26 bits per heavy atom. The number of rotatable bonds is 6. The molecule has 0 unspecified atom stereocenters. The number of nitrogens with zero attached hydrogens (tertiary/aromatic N) is 2. The van der Waals surface area contributed by atoms with Gasteiger partial charge in [-0.3, -0.25) is 19.6 Å². The second kappa shape index (κ2) is 6.50. The SMILES string of the molecule is CCC(=O)/C(N)=C/N(N)c1cc(NC=O)cnc1C. The minimum Gasteiger partial charge on any atom is -0.395 e. The van der Waals surface area contributed by atoms with Gasteiger partial charge in [-0.1, -0.05) is 6.92 Å². The molecule has 5 N–H and O–H groups in total. The molecule has 0 bridgehead atoms. The van der Waals surface area contributed by atoms with E-state index < -0.39 is 0 Å². The number of hydrogen-bond donors (Lipinski definition) is 3. The van der Waals surface area contributed by atoms with E-state index in [1.807, 2.05) is 0 Å². The van der Waals surface area contributed by atoms with Crippen LogP contribution in [0.4, 0.5) is 11.4 Å². The van der Waals surface area contributed by atoms with Crippen molar-refractivity contribution in [2.24, 2.45) is 11.6 Å². The highest BCUT2D eigenvalue weighted by Gasteiger charge is 2.09. The standard InChI is InChI=1S/C12H17N5O2/c1-3-12(19)10(13)6-17(14)11-4-9(16-7-18)5-15-8(11)2/h4-7H,3,13-14H2,1-2H3,(H,16,18)/b10-6-. The molecule has 19 heavy (non-hydrogen) atoms. The van der Waals surface area contributed by atoms with Crippen LogP contribution in [0, 0.1) is 6.92 Å². The van der Waals surface area contributed by atoms with Gasteiger partial charge in [0.15, 0.2) is 5.78 Å². The van der Waals surface area contributed by atoms with Gasteiger partial charge in [-0.2, -0.15) is 0 Å². The van der Waals surface area contributed by atoms with Gasteiger partial charge < -0.3 is 11.1 Å². The van der Waals surface area contributed by atoms with Crippen LogP contribution in [0.25, 0.3) is 0 Å². The summed E-state index contributed by atoms with van der Waals surface area (Å²) >= 11 is 0. The van der Waals surface area contributed by atoms with Crippen molar-refractivity contribution >= 4 is 23.6 Å². The number of amides is 1. The lowest BCUT2D eigenvalue weighted by molar-refractivity contribution is -0.115. The molecule has 0 aliphatic heterocycles. The highest BCUT2D eigenvalue weighted by atomic mass is 16.1. The lowest BCUT2D eigenvalue weighted by Crippen LogP contribution is -2.28. The van der Waals surface area contributed by atoms with Crippen molar-refractivity contribution in [3.8, 4) is 0 Å². The molecule has 0 saturated heterocycles. The normalized spacial score (nSPS) is 11.0. The molecular weight excluding hydrogens is 246 g/mol. The van der Waals surface area contributed by atoms with Gasteiger partial charge in [0.05, 0.1) is 29.0 Å². The fourth-order valence-electron chi connectivity index (χ4n) is 1.43. The highest BCUT2D eigenvalue weighted by molar-refractivity contribution is 5.94. The predicted octanol–water partition coefficient (Wildman–Crippen LogP) is 0.418. The fourth-order valence-corrected chi connectivity index (χ4v) is 1.43. The average molecular weight is 263 g/mol. The molecule has 1 rings (SSSR count). The molecule has 0 spiro atoms. The Balaban J connectivity index is 3.04. The summed E-state index contributed by atoms with van der Waals surface area (Å²) in [5, 5.41) is 3.68. The average Bonchev–Trinajstić information content (AvgIpc) is 2.40. The summed E-state index contributed by atoms with van der Waals surface area (Å²) in [6.45, 7) is 3.47. The van der Waals surface area contributed by atoms with Crippen molar-refractivity contribution in [2.45, 2.75) is 20.3 Å². The van der Waals surface area contributed by atoms with Crippen LogP contribution in [0.3, 0.4) is 0 Å². The number of aryl methyl sites for hydroxylation is 1. The van der Waals surface area contributed by atoms with Crippen LogP contribution in [0.15, 0.2) is 24.2 Å². The van der Waals surface area contributed by atoms with E-state index >= 15 is 0 Å². The van der Waals surface area contributed by atoms with Crippen LogP contribution in [0.1, 0.15) is 19.0 Å². The van der Waals surface area contributed by atoms with Gasteiger partial charge in [-0.25, -0.2) is 5.84 Å². The Morgan fingerprint density at radius 1 is 1.58 bits per heavy atom. The third-order valence-electron chi connectivity index (χ3n) is 2.49. The van der Waals surface area contributed by atoms with Crippen molar-refractivity contribution in [2.75, 3.05) is 10.3 Å². The molecule has 1 aromatic heterocycles. The molecule has 1 heterocycles. The number of hydrogen-bond acceptors (Lipinski definition) is 6. The number of pyridine rings is 1. The minimum absolute atomic E-state index is 0.0677. The van der Waals surface area contributed by atoms with Crippen LogP contribution < -0.4 is 21.9 Å². The molecular formula is C12H17N5O2. The minimum atomic E-state index is -0.191. The third-order valence-corrected chi connectivity index (χ3v) is 2.49.